The summed E-state index contributed by atoms with van der Waals surface area (Å²) in [7, 11) is -3.51. The lowest BCUT2D eigenvalue weighted by molar-refractivity contribution is 0.243. The zero-order valence-corrected chi connectivity index (χ0v) is 14.7. The maximum Gasteiger partial charge on any atom is 0.243 e. The normalized spacial score (nSPS) is 20.9. The molecule has 3 rings (SSSR count). The summed E-state index contributed by atoms with van der Waals surface area (Å²) in [5.41, 5.74) is 5.97. The van der Waals surface area contributed by atoms with Gasteiger partial charge < -0.3 is 5.73 Å². The van der Waals surface area contributed by atoms with E-state index in [0.717, 1.165) is 23.6 Å². The largest absolute Gasteiger partial charge is 0.328 e. The quantitative estimate of drug-likeness (QED) is 0.917. The monoisotopic (exact) mass is 355 g/mol. The van der Waals surface area contributed by atoms with Crippen LogP contribution in [0, 0.1) is 5.92 Å². The summed E-state index contributed by atoms with van der Waals surface area (Å²) in [5, 5.41) is 1.56. The molecule has 0 amide bonds. The van der Waals surface area contributed by atoms with Crippen LogP contribution in [0.15, 0.2) is 41.6 Å². The Balaban J connectivity index is 0.00000192. The van der Waals surface area contributed by atoms with Gasteiger partial charge in [0.2, 0.25) is 10.0 Å². The SMILES string of the molecule is CC(N)C1CCCN(S(=O)(=O)c2cccc3cnccc23)C1.Cl. The zero-order chi connectivity index (χ0) is 15.7. The molecule has 5 nitrogen and oxygen atoms in total. The fourth-order valence-corrected chi connectivity index (χ4v) is 4.83. The van der Waals surface area contributed by atoms with Crippen LogP contribution in [0.25, 0.3) is 10.8 Å². The third-order valence-electron chi connectivity index (χ3n) is 4.42. The molecule has 2 heterocycles. The second-order valence-corrected chi connectivity index (χ2v) is 7.88. The van der Waals surface area contributed by atoms with E-state index in [1.807, 2.05) is 13.0 Å². The molecule has 23 heavy (non-hydrogen) atoms. The van der Waals surface area contributed by atoms with Crippen molar-refractivity contribution < 1.29 is 8.42 Å². The number of hydrogen-bond donors (Lipinski definition) is 1. The molecule has 0 spiro atoms. The molecule has 2 aromatic rings. The Labute approximate surface area is 143 Å². The molecule has 7 heteroatoms. The number of halogens is 1. The Morgan fingerprint density at radius 1 is 1.35 bits per heavy atom. The molecule has 1 saturated heterocycles. The number of aromatic nitrogens is 1. The lowest BCUT2D eigenvalue weighted by Gasteiger charge is -2.34. The number of sulfonamides is 1. The first kappa shape index (κ1) is 18.1. The molecular weight excluding hydrogens is 334 g/mol. The molecule has 1 aliphatic heterocycles. The van der Waals surface area contributed by atoms with Crippen molar-refractivity contribution in [3.8, 4) is 0 Å². The molecule has 1 aromatic heterocycles. The number of pyridine rings is 1. The predicted molar refractivity (Wildman–Crippen MR) is 94.1 cm³/mol. The van der Waals surface area contributed by atoms with Crippen molar-refractivity contribution in [3.63, 3.8) is 0 Å². The minimum absolute atomic E-state index is 0. The highest BCUT2D eigenvalue weighted by Crippen LogP contribution is 2.29. The number of rotatable bonds is 3. The van der Waals surface area contributed by atoms with Gasteiger partial charge in [0.15, 0.2) is 0 Å². The van der Waals surface area contributed by atoms with Crippen LogP contribution in [0.5, 0.6) is 0 Å². The Hall–Kier alpha value is -1.21. The van der Waals surface area contributed by atoms with Gasteiger partial charge in [-0.25, -0.2) is 8.42 Å². The maximum atomic E-state index is 13.0. The number of piperidine rings is 1. The number of fused-ring (bicyclic) bond motifs is 1. The first-order valence-electron chi connectivity index (χ1n) is 7.58. The summed E-state index contributed by atoms with van der Waals surface area (Å²) in [5.74, 6) is 0.222. The Morgan fingerprint density at radius 2 is 2.13 bits per heavy atom. The van der Waals surface area contributed by atoms with Gasteiger partial charge in [0.05, 0.1) is 4.90 Å². The van der Waals surface area contributed by atoms with Crippen molar-refractivity contribution in [2.45, 2.75) is 30.7 Å². The van der Waals surface area contributed by atoms with Gasteiger partial charge in [-0.2, -0.15) is 4.31 Å². The van der Waals surface area contributed by atoms with Crippen LogP contribution in [0.3, 0.4) is 0 Å². The number of hydrogen-bond acceptors (Lipinski definition) is 4. The van der Waals surface area contributed by atoms with E-state index in [2.05, 4.69) is 4.98 Å². The summed E-state index contributed by atoms with van der Waals surface area (Å²) < 4.78 is 27.7. The van der Waals surface area contributed by atoms with Gasteiger partial charge in [-0.05, 0) is 37.8 Å². The second kappa shape index (κ2) is 7.13. The molecule has 2 N–H and O–H groups in total. The summed E-state index contributed by atoms with van der Waals surface area (Å²) in [4.78, 5) is 4.42. The Kier molecular flexibility index (Phi) is 5.62. The van der Waals surface area contributed by atoms with E-state index < -0.39 is 10.0 Å². The smallest absolute Gasteiger partial charge is 0.243 e. The third-order valence-corrected chi connectivity index (χ3v) is 6.35. The van der Waals surface area contributed by atoms with Crippen LogP contribution in [0.4, 0.5) is 0 Å². The second-order valence-electron chi connectivity index (χ2n) is 5.98. The zero-order valence-electron chi connectivity index (χ0n) is 13.1. The van der Waals surface area contributed by atoms with Crippen LogP contribution in [0.1, 0.15) is 19.8 Å². The molecular formula is C16H22ClN3O2S. The van der Waals surface area contributed by atoms with Gasteiger partial charge in [-0.1, -0.05) is 12.1 Å². The van der Waals surface area contributed by atoms with E-state index in [4.69, 9.17) is 5.73 Å². The van der Waals surface area contributed by atoms with Crippen LogP contribution in [0.2, 0.25) is 0 Å². The van der Waals surface area contributed by atoms with Gasteiger partial charge in [-0.3, -0.25) is 4.98 Å². The lowest BCUT2D eigenvalue weighted by Crippen LogP contribution is -2.44. The number of nitrogens with zero attached hydrogens (tertiary/aromatic N) is 2. The summed E-state index contributed by atoms with van der Waals surface area (Å²) >= 11 is 0. The van der Waals surface area contributed by atoms with Gasteiger partial charge in [0, 0.05) is 42.3 Å². The van der Waals surface area contributed by atoms with E-state index in [0.29, 0.717) is 18.0 Å². The first-order valence-corrected chi connectivity index (χ1v) is 9.02. The van der Waals surface area contributed by atoms with E-state index in [9.17, 15) is 8.42 Å². The van der Waals surface area contributed by atoms with Crippen molar-refractivity contribution in [3.05, 3.63) is 36.7 Å². The van der Waals surface area contributed by atoms with Crippen molar-refractivity contribution in [1.82, 2.24) is 9.29 Å². The average molecular weight is 356 g/mol. The highest BCUT2D eigenvalue weighted by atomic mass is 35.5. The number of benzene rings is 1. The van der Waals surface area contributed by atoms with Crippen LogP contribution >= 0.6 is 12.4 Å². The fraction of sp³-hybridized carbons (Fsp3) is 0.438. The summed E-state index contributed by atoms with van der Waals surface area (Å²) in [6.45, 7) is 3.01. The molecule has 1 aromatic carbocycles. The van der Waals surface area contributed by atoms with Gasteiger partial charge >= 0.3 is 0 Å². The van der Waals surface area contributed by atoms with E-state index >= 15 is 0 Å². The molecule has 1 fully saturated rings. The Morgan fingerprint density at radius 3 is 2.87 bits per heavy atom. The topological polar surface area (TPSA) is 76.3 Å². The molecule has 126 valence electrons. The highest BCUT2D eigenvalue weighted by molar-refractivity contribution is 7.89. The summed E-state index contributed by atoms with van der Waals surface area (Å²) in [6, 6.07) is 7.09. The molecule has 0 radical (unpaired) electrons. The molecule has 0 bridgehead atoms. The number of nitrogens with two attached hydrogens (primary N) is 1. The Bertz CT molecular complexity index is 774. The van der Waals surface area contributed by atoms with E-state index in [-0.39, 0.29) is 24.4 Å². The van der Waals surface area contributed by atoms with Gasteiger partial charge in [0.25, 0.3) is 0 Å². The maximum absolute atomic E-state index is 13.0. The van der Waals surface area contributed by atoms with Crippen LogP contribution in [-0.4, -0.2) is 36.8 Å². The minimum Gasteiger partial charge on any atom is -0.328 e. The lowest BCUT2D eigenvalue weighted by atomic mass is 9.93. The van der Waals surface area contributed by atoms with Crippen LogP contribution < -0.4 is 5.73 Å². The van der Waals surface area contributed by atoms with Crippen molar-refractivity contribution in [2.24, 2.45) is 11.7 Å². The van der Waals surface area contributed by atoms with Crippen molar-refractivity contribution >= 4 is 33.2 Å². The first-order chi connectivity index (χ1) is 10.5. The van der Waals surface area contributed by atoms with Gasteiger partial charge in [-0.15, -0.1) is 12.4 Å². The van der Waals surface area contributed by atoms with Crippen molar-refractivity contribution in [1.29, 1.82) is 0 Å². The highest BCUT2D eigenvalue weighted by Gasteiger charge is 2.32. The van der Waals surface area contributed by atoms with Crippen LogP contribution in [-0.2, 0) is 10.0 Å². The fourth-order valence-electron chi connectivity index (χ4n) is 3.08. The molecule has 2 atom stereocenters. The molecule has 0 saturated carbocycles. The summed E-state index contributed by atoms with van der Waals surface area (Å²) in [6.07, 6.45) is 5.17. The van der Waals surface area contributed by atoms with Crippen molar-refractivity contribution in [2.75, 3.05) is 13.1 Å². The standard InChI is InChI=1S/C16H21N3O2S.ClH/c1-12(17)14-5-3-9-19(11-14)22(20,21)16-6-2-4-13-10-18-8-7-15(13)16;/h2,4,6-8,10,12,14H,3,5,9,11,17H2,1H3;1H. The predicted octanol–water partition coefficient (Wildman–Crippen LogP) is 2.40. The molecule has 0 aliphatic carbocycles. The van der Waals surface area contributed by atoms with E-state index in [1.165, 1.54) is 0 Å². The third kappa shape index (κ3) is 3.50. The minimum atomic E-state index is -3.51. The average Bonchev–Trinajstić information content (AvgIpc) is 2.54. The molecule has 2 unspecified atom stereocenters. The van der Waals surface area contributed by atoms with Gasteiger partial charge in [0.1, 0.15) is 0 Å². The van der Waals surface area contributed by atoms with E-state index in [1.54, 1.807) is 34.9 Å². The molecule has 1 aliphatic rings.